The molecule has 2 N–H and O–H groups in total. The van der Waals surface area contributed by atoms with Crippen molar-refractivity contribution in [2.75, 3.05) is 0 Å². The zero-order valence-electron chi connectivity index (χ0n) is 15.3. The molecule has 1 aromatic heterocycles. The van der Waals surface area contributed by atoms with Gasteiger partial charge in [0.05, 0.1) is 11.1 Å². The predicted octanol–water partition coefficient (Wildman–Crippen LogP) is 5.04. The molecule has 0 atom stereocenters. The van der Waals surface area contributed by atoms with Gasteiger partial charge < -0.3 is 15.0 Å². The fourth-order valence-corrected chi connectivity index (χ4v) is 2.71. The Morgan fingerprint density at radius 2 is 1.73 bits per heavy atom. The van der Waals surface area contributed by atoms with Crippen LogP contribution in [0.4, 0.5) is 0 Å². The molecular weight excluding hydrogens is 350 g/mol. The fraction of sp³-hybridized carbons (Fsp3) is 0.300. The highest BCUT2D eigenvalue weighted by Gasteiger charge is 2.16. The molecule has 0 aliphatic rings. The van der Waals surface area contributed by atoms with E-state index < -0.39 is 5.54 Å². The zero-order valence-corrected chi connectivity index (χ0v) is 16.0. The molecule has 0 spiro atoms. The van der Waals surface area contributed by atoms with E-state index in [1.54, 1.807) is 6.07 Å². The minimum absolute atomic E-state index is 0.0524. The first-order chi connectivity index (χ1) is 12.2. The Balaban J connectivity index is 1.85. The highest BCUT2D eigenvalue weighted by Crippen LogP contribution is 2.31. The van der Waals surface area contributed by atoms with Gasteiger partial charge in [-0.05, 0) is 63.6 Å². The number of hydrogen-bond donors (Lipinski definition) is 1. The second-order valence-electron chi connectivity index (χ2n) is 7.03. The quantitative estimate of drug-likeness (QED) is 0.680. The van der Waals surface area contributed by atoms with Gasteiger partial charge in [0, 0.05) is 16.7 Å². The summed E-state index contributed by atoms with van der Waals surface area (Å²) in [6, 6.07) is 13.2. The lowest BCUT2D eigenvalue weighted by Gasteiger charge is -2.18. The Morgan fingerprint density at radius 1 is 1.08 bits per heavy atom. The van der Waals surface area contributed by atoms with Gasteiger partial charge in [0.15, 0.2) is 0 Å². The molecule has 0 bridgehead atoms. The van der Waals surface area contributed by atoms with Crippen molar-refractivity contribution in [3.63, 3.8) is 0 Å². The van der Waals surface area contributed by atoms with Crippen LogP contribution in [0.1, 0.15) is 33.3 Å². The normalized spacial score (nSPS) is 11.8. The summed E-state index contributed by atoms with van der Waals surface area (Å²) >= 11 is 6.28. The Hall–Kier alpha value is -2.37. The van der Waals surface area contributed by atoms with Crippen LogP contribution in [-0.4, -0.2) is 16.2 Å². The number of benzene rings is 2. The average Bonchev–Trinajstić information content (AvgIpc) is 3.06. The molecule has 0 amide bonds. The molecule has 3 aromatic rings. The van der Waals surface area contributed by atoms with E-state index in [4.69, 9.17) is 26.6 Å². The number of nitrogens with two attached hydrogens (primary N) is 1. The molecule has 0 aliphatic carbocycles. The number of halogens is 1. The summed E-state index contributed by atoms with van der Waals surface area (Å²) in [7, 11) is 0. The van der Waals surface area contributed by atoms with E-state index >= 15 is 0 Å². The lowest BCUT2D eigenvalue weighted by atomic mass is 9.95. The standard InChI is InChI=1S/C20H22ClN3O2/c1-12(2)25-17-10-7-14(11-16(17)21)18-23-19(26-24-18)13-5-8-15(9-6-13)20(3,4)22/h5-12H,22H2,1-4H3. The molecule has 5 nitrogen and oxygen atoms in total. The summed E-state index contributed by atoms with van der Waals surface area (Å²) in [5.74, 6) is 1.55. The monoisotopic (exact) mass is 371 g/mol. The van der Waals surface area contributed by atoms with E-state index in [9.17, 15) is 0 Å². The number of rotatable bonds is 5. The summed E-state index contributed by atoms with van der Waals surface area (Å²) in [5.41, 5.74) is 8.35. The summed E-state index contributed by atoms with van der Waals surface area (Å²) < 4.78 is 11.0. The molecule has 0 saturated carbocycles. The van der Waals surface area contributed by atoms with Gasteiger partial charge in [-0.3, -0.25) is 0 Å². The largest absolute Gasteiger partial charge is 0.489 e. The topological polar surface area (TPSA) is 74.2 Å². The highest BCUT2D eigenvalue weighted by atomic mass is 35.5. The van der Waals surface area contributed by atoms with Crippen molar-refractivity contribution in [3.05, 3.63) is 53.1 Å². The van der Waals surface area contributed by atoms with Gasteiger partial charge in [0.1, 0.15) is 5.75 Å². The van der Waals surface area contributed by atoms with Crippen LogP contribution in [0.25, 0.3) is 22.8 Å². The van der Waals surface area contributed by atoms with Gasteiger partial charge in [0.2, 0.25) is 5.82 Å². The van der Waals surface area contributed by atoms with Gasteiger partial charge in [-0.15, -0.1) is 0 Å². The van der Waals surface area contributed by atoms with Crippen molar-refractivity contribution in [2.24, 2.45) is 5.73 Å². The molecule has 26 heavy (non-hydrogen) atoms. The molecular formula is C20H22ClN3O2. The minimum Gasteiger partial charge on any atom is -0.489 e. The van der Waals surface area contributed by atoms with Gasteiger partial charge >= 0.3 is 0 Å². The third-order valence-corrected chi connectivity index (χ3v) is 4.15. The van der Waals surface area contributed by atoms with E-state index in [1.807, 2.05) is 64.1 Å². The molecule has 6 heteroatoms. The molecule has 1 heterocycles. The number of aromatic nitrogens is 2. The second kappa shape index (κ2) is 7.09. The molecule has 3 rings (SSSR count). The highest BCUT2D eigenvalue weighted by molar-refractivity contribution is 6.32. The lowest BCUT2D eigenvalue weighted by Crippen LogP contribution is -2.28. The van der Waals surface area contributed by atoms with Gasteiger partial charge in [-0.1, -0.05) is 28.9 Å². The maximum atomic E-state index is 6.28. The average molecular weight is 372 g/mol. The van der Waals surface area contributed by atoms with Crippen LogP contribution in [0, 0.1) is 0 Å². The molecule has 136 valence electrons. The van der Waals surface area contributed by atoms with Crippen molar-refractivity contribution in [1.29, 1.82) is 0 Å². The predicted molar refractivity (Wildman–Crippen MR) is 103 cm³/mol. The van der Waals surface area contributed by atoms with Crippen LogP contribution >= 0.6 is 11.6 Å². The van der Waals surface area contributed by atoms with Crippen LogP contribution < -0.4 is 10.5 Å². The van der Waals surface area contributed by atoms with Gasteiger partial charge in [0.25, 0.3) is 5.89 Å². The van der Waals surface area contributed by atoms with Crippen molar-refractivity contribution >= 4 is 11.6 Å². The van der Waals surface area contributed by atoms with Crippen LogP contribution in [0.3, 0.4) is 0 Å². The third-order valence-electron chi connectivity index (χ3n) is 3.85. The van der Waals surface area contributed by atoms with E-state index in [1.165, 1.54) is 0 Å². The van der Waals surface area contributed by atoms with Crippen LogP contribution in [0.2, 0.25) is 5.02 Å². The molecule has 2 aromatic carbocycles. The SMILES string of the molecule is CC(C)Oc1ccc(-c2noc(-c3ccc(C(C)(C)N)cc3)n2)cc1Cl. The third kappa shape index (κ3) is 4.06. The smallest absolute Gasteiger partial charge is 0.258 e. The Labute approximate surface area is 158 Å². The second-order valence-corrected chi connectivity index (χ2v) is 7.44. The zero-order chi connectivity index (χ0) is 18.9. The Bertz CT molecular complexity index is 896. The molecule has 0 saturated heterocycles. The van der Waals surface area contributed by atoms with Gasteiger partial charge in [-0.2, -0.15) is 4.98 Å². The Morgan fingerprint density at radius 3 is 2.31 bits per heavy atom. The van der Waals surface area contributed by atoms with Crippen LogP contribution in [-0.2, 0) is 5.54 Å². The number of hydrogen-bond acceptors (Lipinski definition) is 5. The first-order valence-corrected chi connectivity index (χ1v) is 8.82. The lowest BCUT2D eigenvalue weighted by molar-refractivity contribution is 0.242. The number of ether oxygens (including phenoxy) is 1. The van der Waals surface area contributed by atoms with Crippen molar-refractivity contribution in [1.82, 2.24) is 10.1 Å². The first-order valence-electron chi connectivity index (χ1n) is 8.44. The molecule has 0 radical (unpaired) electrons. The van der Waals surface area contributed by atoms with Crippen molar-refractivity contribution in [2.45, 2.75) is 39.3 Å². The summed E-state index contributed by atoms with van der Waals surface area (Å²) in [4.78, 5) is 4.47. The Kier molecular flexibility index (Phi) is 5.03. The van der Waals surface area contributed by atoms with E-state index in [0.717, 1.165) is 16.7 Å². The van der Waals surface area contributed by atoms with Crippen LogP contribution in [0.15, 0.2) is 47.0 Å². The van der Waals surface area contributed by atoms with Crippen molar-refractivity contribution in [3.8, 4) is 28.6 Å². The summed E-state index contributed by atoms with van der Waals surface area (Å²) in [6.45, 7) is 7.83. The summed E-state index contributed by atoms with van der Waals surface area (Å²) in [6.07, 6.45) is 0.0524. The molecule has 0 fully saturated rings. The molecule has 0 aliphatic heterocycles. The maximum Gasteiger partial charge on any atom is 0.258 e. The maximum absolute atomic E-state index is 6.28. The van der Waals surface area contributed by atoms with Crippen molar-refractivity contribution < 1.29 is 9.26 Å². The van der Waals surface area contributed by atoms with E-state index in [0.29, 0.717) is 22.5 Å². The van der Waals surface area contributed by atoms with Gasteiger partial charge in [-0.25, -0.2) is 0 Å². The van der Waals surface area contributed by atoms with E-state index in [-0.39, 0.29) is 6.10 Å². The van der Waals surface area contributed by atoms with E-state index in [2.05, 4.69) is 10.1 Å². The number of nitrogens with zero attached hydrogens (tertiary/aromatic N) is 2. The fourth-order valence-electron chi connectivity index (χ4n) is 2.49. The first kappa shape index (κ1) is 18.4. The van der Waals surface area contributed by atoms with Crippen LogP contribution in [0.5, 0.6) is 5.75 Å². The molecule has 0 unspecified atom stereocenters. The summed E-state index contributed by atoms with van der Waals surface area (Å²) in [5, 5.41) is 4.57. The minimum atomic E-state index is -0.394.